The summed E-state index contributed by atoms with van der Waals surface area (Å²) in [6.07, 6.45) is 0. The van der Waals surface area contributed by atoms with Crippen LogP contribution in [-0.4, -0.2) is 20.9 Å². The molecule has 0 heterocycles. The summed E-state index contributed by atoms with van der Waals surface area (Å²) >= 11 is 0. The van der Waals surface area contributed by atoms with Gasteiger partial charge in [-0.2, -0.15) is 0 Å². The van der Waals surface area contributed by atoms with Gasteiger partial charge in [-0.05, 0) is 62.7 Å². The Hall–Kier alpha value is -3.12. The zero-order valence-electron chi connectivity index (χ0n) is 17.4. The fourth-order valence-corrected chi connectivity index (χ4v) is 4.70. The van der Waals surface area contributed by atoms with Gasteiger partial charge in [0.05, 0.1) is 16.6 Å². The number of nitrogens with one attached hydrogen (secondary N) is 1. The molecule has 6 heteroatoms. The quantitative estimate of drug-likeness (QED) is 0.600. The first-order chi connectivity index (χ1) is 14.3. The van der Waals surface area contributed by atoms with Crippen LogP contribution in [0.4, 0.5) is 5.69 Å². The van der Waals surface area contributed by atoms with Gasteiger partial charge >= 0.3 is 0 Å². The molecule has 0 fully saturated rings. The van der Waals surface area contributed by atoms with Crippen molar-refractivity contribution in [2.45, 2.75) is 31.7 Å². The van der Waals surface area contributed by atoms with Crippen molar-refractivity contribution in [1.82, 2.24) is 5.32 Å². The normalized spacial score (nSPS) is 12.2. The van der Waals surface area contributed by atoms with Gasteiger partial charge in [0.2, 0.25) is 0 Å². The molecule has 1 amide bonds. The summed E-state index contributed by atoms with van der Waals surface area (Å²) < 4.78 is 27.2. The summed E-state index contributed by atoms with van der Waals surface area (Å²) in [6, 6.07) is 22.8. The van der Waals surface area contributed by atoms with Gasteiger partial charge in [0.15, 0.2) is 0 Å². The second kappa shape index (κ2) is 9.13. The van der Waals surface area contributed by atoms with E-state index in [1.807, 2.05) is 38.1 Å². The second-order valence-electron chi connectivity index (χ2n) is 7.14. The van der Waals surface area contributed by atoms with Gasteiger partial charge in [0.1, 0.15) is 0 Å². The molecule has 1 unspecified atom stereocenters. The molecule has 0 aromatic heterocycles. The minimum absolute atomic E-state index is 0.136. The van der Waals surface area contributed by atoms with Gasteiger partial charge in [0, 0.05) is 12.1 Å². The minimum Gasteiger partial charge on any atom is -0.346 e. The number of carbonyl (C=O) groups is 1. The number of hydrogen-bond donors (Lipinski definition) is 1. The largest absolute Gasteiger partial charge is 0.346 e. The highest BCUT2D eigenvalue weighted by atomic mass is 32.2. The molecule has 0 saturated carbocycles. The van der Waals surface area contributed by atoms with Crippen LogP contribution in [-0.2, 0) is 10.0 Å². The van der Waals surface area contributed by atoms with Crippen LogP contribution in [0.25, 0.3) is 0 Å². The number of carbonyl (C=O) groups excluding carboxylic acids is 1. The van der Waals surface area contributed by atoms with Crippen LogP contribution in [0.15, 0.2) is 83.8 Å². The molecule has 5 nitrogen and oxygen atoms in total. The Morgan fingerprint density at radius 2 is 1.53 bits per heavy atom. The lowest BCUT2D eigenvalue weighted by molar-refractivity contribution is 0.0940. The van der Waals surface area contributed by atoms with Crippen molar-refractivity contribution in [3.05, 3.63) is 95.6 Å². The molecule has 0 bridgehead atoms. The van der Waals surface area contributed by atoms with Crippen LogP contribution in [0.2, 0.25) is 0 Å². The van der Waals surface area contributed by atoms with Crippen LogP contribution in [0.5, 0.6) is 0 Å². The Morgan fingerprint density at radius 1 is 0.933 bits per heavy atom. The number of hydrogen-bond acceptors (Lipinski definition) is 3. The molecular weight excluding hydrogens is 396 g/mol. The standard InChI is InChI=1S/C24H26N2O3S/c1-4-26(30(28,29)23-8-6-5-7-9-23)22-16-14-21(15-17-22)24(27)25-19(3)20-12-10-18(2)11-13-20/h5-17,19H,4H2,1-3H3,(H,25,27). The van der Waals surface area contributed by atoms with Crippen LogP contribution in [0.3, 0.4) is 0 Å². The van der Waals surface area contributed by atoms with Crippen molar-refractivity contribution >= 4 is 21.6 Å². The number of aryl methyl sites for hydroxylation is 1. The Bertz CT molecular complexity index is 1090. The third-order valence-corrected chi connectivity index (χ3v) is 6.88. The molecule has 1 atom stereocenters. The average molecular weight is 423 g/mol. The van der Waals surface area contributed by atoms with Gasteiger partial charge in [-0.25, -0.2) is 8.42 Å². The Morgan fingerprint density at radius 3 is 2.10 bits per heavy atom. The van der Waals surface area contributed by atoms with E-state index < -0.39 is 10.0 Å². The summed E-state index contributed by atoms with van der Waals surface area (Å²) in [7, 11) is -3.66. The highest BCUT2D eigenvalue weighted by Crippen LogP contribution is 2.24. The Balaban J connectivity index is 1.76. The van der Waals surface area contributed by atoms with Gasteiger partial charge in [-0.1, -0.05) is 48.0 Å². The summed E-state index contributed by atoms with van der Waals surface area (Å²) in [4.78, 5) is 12.9. The smallest absolute Gasteiger partial charge is 0.264 e. The first-order valence-corrected chi connectivity index (χ1v) is 11.3. The maximum Gasteiger partial charge on any atom is 0.264 e. The molecule has 3 rings (SSSR count). The fraction of sp³-hybridized carbons (Fsp3) is 0.208. The zero-order valence-corrected chi connectivity index (χ0v) is 18.2. The van der Waals surface area contributed by atoms with Gasteiger partial charge < -0.3 is 5.32 Å². The van der Waals surface area contributed by atoms with E-state index in [9.17, 15) is 13.2 Å². The van der Waals surface area contributed by atoms with Crippen molar-refractivity contribution in [3.8, 4) is 0 Å². The molecule has 0 spiro atoms. The number of amides is 1. The molecule has 1 N–H and O–H groups in total. The lowest BCUT2D eigenvalue weighted by Gasteiger charge is -2.23. The highest BCUT2D eigenvalue weighted by Gasteiger charge is 2.23. The van der Waals surface area contributed by atoms with E-state index in [1.165, 1.54) is 9.87 Å². The number of anilines is 1. The van der Waals surface area contributed by atoms with Gasteiger partial charge in [-0.15, -0.1) is 0 Å². The number of rotatable bonds is 7. The van der Waals surface area contributed by atoms with E-state index in [4.69, 9.17) is 0 Å². The predicted molar refractivity (Wildman–Crippen MR) is 120 cm³/mol. The van der Waals surface area contributed by atoms with E-state index in [2.05, 4.69) is 5.32 Å². The average Bonchev–Trinajstić information content (AvgIpc) is 2.75. The molecule has 0 aliphatic carbocycles. The van der Waals surface area contributed by atoms with Crippen molar-refractivity contribution in [2.24, 2.45) is 0 Å². The number of sulfonamides is 1. The van der Waals surface area contributed by atoms with E-state index in [0.717, 1.165) is 5.56 Å². The monoisotopic (exact) mass is 422 g/mol. The summed E-state index contributed by atoms with van der Waals surface area (Å²) in [6.45, 7) is 6.02. The van der Waals surface area contributed by atoms with Gasteiger partial charge in [-0.3, -0.25) is 9.10 Å². The van der Waals surface area contributed by atoms with Crippen molar-refractivity contribution in [1.29, 1.82) is 0 Å². The lowest BCUT2D eigenvalue weighted by atomic mass is 10.1. The van der Waals surface area contributed by atoms with E-state index in [1.54, 1.807) is 61.5 Å². The number of benzene rings is 3. The SMILES string of the molecule is CCN(c1ccc(C(=O)NC(C)c2ccc(C)cc2)cc1)S(=O)(=O)c1ccccc1. The van der Waals surface area contributed by atoms with Crippen LogP contribution in [0, 0.1) is 6.92 Å². The summed E-state index contributed by atoms with van der Waals surface area (Å²) in [5.41, 5.74) is 3.19. The number of nitrogens with zero attached hydrogens (tertiary/aromatic N) is 1. The first-order valence-electron chi connectivity index (χ1n) is 9.88. The van der Waals surface area contributed by atoms with Crippen LogP contribution in [0.1, 0.15) is 41.4 Å². The first kappa shape index (κ1) is 21.6. The third kappa shape index (κ3) is 4.71. The topological polar surface area (TPSA) is 66.5 Å². The van der Waals surface area contributed by atoms with E-state index >= 15 is 0 Å². The molecule has 0 saturated heterocycles. The molecule has 3 aromatic rings. The fourth-order valence-electron chi connectivity index (χ4n) is 3.21. The van der Waals surface area contributed by atoms with Crippen molar-refractivity contribution in [3.63, 3.8) is 0 Å². The Kier molecular flexibility index (Phi) is 6.57. The molecule has 156 valence electrons. The van der Waals surface area contributed by atoms with Crippen molar-refractivity contribution < 1.29 is 13.2 Å². The van der Waals surface area contributed by atoms with E-state index in [-0.39, 0.29) is 23.4 Å². The maximum atomic E-state index is 13.0. The third-order valence-electron chi connectivity index (χ3n) is 4.96. The van der Waals surface area contributed by atoms with Crippen LogP contribution < -0.4 is 9.62 Å². The maximum absolute atomic E-state index is 13.0. The second-order valence-corrected chi connectivity index (χ2v) is 9.00. The summed E-state index contributed by atoms with van der Waals surface area (Å²) in [5, 5.41) is 2.98. The molecule has 0 aliphatic heterocycles. The van der Waals surface area contributed by atoms with Crippen LogP contribution >= 0.6 is 0 Å². The van der Waals surface area contributed by atoms with Crippen molar-refractivity contribution in [2.75, 3.05) is 10.8 Å². The zero-order chi connectivity index (χ0) is 21.7. The molecular formula is C24H26N2O3S. The molecule has 30 heavy (non-hydrogen) atoms. The molecule has 3 aromatic carbocycles. The lowest BCUT2D eigenvalue weighted by Crippen LogP contribution is -2.31. The Labute approximate surface area is 178 Å². The highest BCUT2D eigenvalue weighted by molar-refractivity contribution is 7.92. The summed E-state index contributed by atoms with van der Waals surface area (Å²) in [5.74, 6) is -0.205. The minimum atomic E-state index is -3.66. The van der Waals surface area contributed by atoms with Gasteiger partial charge in [0.25, 0.3) is 15.9 Å². The van der Waals surface area contributed by atoms with E-state index in [0.29, 0.717) is 11.3 Å². The molecule has 0 aliphatic rings. The molecule has 0 radical (unpaired) electrons. The predicted octanol–water partition coefficient (Wildman–Crippen LogP) is 4.70.